The summed E-state index contributed by atoms with van der Waals surface area (Å²) in [4.78, 5) is 62.1. The van der Waals surface area contributed by atoms with E-state index in [0.29, 0.717) is 62.9 Å². The number of nitrogens with one attached hydrogen (secondary N) is 1. The van der Waals surface area contributed by atoms with Gasteiger partial charge in [-0.05, 0) is 82.2 Å². The first-order valence-electron chi connectivity index (χ1n) is 22.5. The summed E-state index contributed by atoms with van der Waals surface area (Å²) in [6.45, 7) is 0.124. The largest absolute Gasteiger partial charge is 0.462 e. The lowest BCUT2D eigenvalue weighted by atomic mass is 9.86. The molecular formula is C44H75NO11. The number of aliphatic hydroxyl groups excluding tert-OH is 1. The zero-order valence-electron chi connectivity index (χ0n) is 34.5. The molecule has 1 atom stereocenters. The quantitative estimate of drug-likeness (QED) is 0.0429. The van der Waals surface area contributed by atoms with Gasteiger partial charge in [0.05, 0.1) is 6.61 Å². The van der Waals surface area contributed by atoms with E-state index in [1.807, 2.05) is 0 Å². The minimum atomic E-state index is -0.892. The Morgan fingerprint density at radius 1 is 0.446 bits per heavy atom. The molecule has 322 valence electrons. The number of hydrogen-bond acceptors (Lipinski definition) is 12. The number of aliphatic hydroxyl groups is 1. The van der Waals surface area contributed by atoms with Crippen molar-refractivity contribution in [2.75, 3.05) is 39.5 Å². The average molecular weight is 794 g/mol. The highest BCUT2D eigenvalue weighted by Gasteiger charge is 2.22. The summed E-state index contributed by atoms with van der Waals surface area (Å²) in [5.74, 6) is 0.121. The van der Waals surface area contributed by atoms with Gasteiger partial charge in [0, 0.05) is 32.1 Å². The van der Waals surface area contributed by atoms with E-state index in [9.17, 15) is 29.1 Å². The molecule has 2 N–H and O–H groups in total. The van der Waals surface area contributed by atoms with Crippen LogP contribution >= 0.6 is 0 Å². The van der Waals surface area contributed by atoms with Crippen LogP contribution in [-0.2, 0) is 47.7 Å². The predicted molar refractivity (Wildman–Crippen MR) is 212 cm³/mol. The summed E-state index contributed by atoms with van der Waals surface area (Å²) in [7, 11) is 0. The van der Waals surface area contributed by atoms with Crippen molar-refractivity contribution in [2.24, 2.45) is 17.8 Å². The lowest BCUT2D eigenvalue weighted by Gasteiger charge is -2.21. The number of carbonyl (C=O) groups is 5. The first kappa shape index (κ1) is 47.6. The average Bonchev–Trinajstić information content (AvgIpc) is 3.21. The molecule has 1 unspecified atom stereocenters. The summed E-state index contributed by atoms with van der Waals surface area (Å²) in [6, 6.07) is 0. The summed E-state index contributed by atoms with van der Waals surface area (Å²) in [6.07, 6.45) is 24.8. The van der Waals surface area contributed by atoms with Gasteiger partial charge < -0.3 is 34.1 Å². The van der Waals surface area contributed by atoms with E-state index < -0.39 is 30.8 Å². The van der Waals surface area contributed by atoms with Crippen molar-refractivity contribution in [1.29, 1.82) is 0 Å². The molecule has 0 aliphatic heterocycles. The molecule has 0 amide bonds. The van der Waals surface area contributed by atoms with Gasteiger partial charge in [-0.3, -0.25) is 24.0 Å². The molecule has 3 saturated carbocycles. The van der Waals surface area contributed by atoms with Gasteiger partial charge in [0.15, 0.2) is 12.2 Å². The second-order valence-corrected chi connectivity index (χ2v) is 16.6. The first-order chi connectivity index (χ1) is 27.3. The van der Waals surface area contributed by atoms with Crippen molar-refractivity contribution >= 4 is 29.8 Å². The molecule has 0 bridgehead atoms. The summed E-state index contributed by atoms with van der Waals surface area (Å²) in [5.41, 5.74) is 0. The van der Waals surface area contributed by atoms with Gasteiger partial charge in [-0.25, -0.2) is 0 Å². The second-order valence-electron chi connectivity index (χ2n) is 16.6. The zero-order valence-corrected chi connectivity index (χ0v) is 34.5. The van der Waals surface area contributed by atoms with Crippen molar-refractivity contribution in [3.05, 3.63) is 0 Å². The minimum Gasteiger partial charge on any atom is -0.462 e. The number of esters is 5. The Hall–Kier alpha value is -2.73. The standard InChI is InChI=1S/C44H75NO11/c46-31-38(32-52-40(47)24-10-21-35-15-4-1-5-16-35)55-43(50)27-13-29-45-30-14-28-44(51)56-39(33-53-41(48)25-11-22-36-17-6-2-7-18-36)34-54-42(49)26-12-23-37-19-8-3-9-20-37/h35-39,45-46H,1-34H2. The lowest BCUT2D eigenvalue weighted by molar-refractivity contribution is -0.167. The molecule has 3 fully saturated rings. The topological polar surface area (TPSA) is 164 Å². The van der Waals surface area contributed by atoms with Crippen LogP contribution in [0, 0.1) is 17.8 Å². The Kier molecular flexibility index (Phi) is 25.8. The molecule has 12 nitrogen and oxygen atoms in total. The Morgan fingerprint density at radius 3 is 1.12 bits per heavy atom. The van der Waals surface area contributed by atoms with Crippen LogP contribution in [-0.4, -0.2) is 86.7 Å². The fourth-order valence-electron chi connectivity index (χ4n) is 8.38. The Labute approximate surface area is 336 Å². The van der Waals surface area contributed by atoms with Crippen LogP contribution < -0.4 is 5.32 Å². The normalized spacial score (nSPS) is 17.6. The molecule has 56 heavy (non-hydrogen) atoms. The van der Waals surface area contributed by atoms with Gasteiger partial charge in [-0.2, -0.15) is 0 Å². The van der Waals surface area contributed by atoms with Crippen LogP contribution in [0.4, 0.5) is 0 Å². The van der Waals surface area contributed by atoms with E-state index in [1.54, 1.807) is 0 Å². The molecule has 0 spiro atoms. The van der Waals surface area contributed by atoms with Gasteiger partial charge >= 0.3 is 29.8 Å². The Bertz CT molecular complexity index is 1060. The van der Waals surface area contributed by atoms with Gasteiger partial charge in [-0.1, -0.05) is 96.3 Å². The molecule has 12 heteroatoms. The number of carbonyl (C=O) groups excluding carboxylic acids is 5. The molecule has 0 heterocycles. The molecule has 3 aliphatic rings. The van der Waals surface area contributed by atoms with Crippen molar-refractivity contribution < 1.29 is 52.8 Å². The minimum absolute atomic E-state index is 0.119. The highest BCUT2D eigenvalue weighted by Crippen LogP contribution is 2.29. The van der Waals surface area contributed by atoms with E-state index in [1.165, 1.54) is 96.3 Å². The van der Waals surface area contributed by atoms with Gasteiger partial charge in [-0.15, -0.1) is 0 Å². The third kappa shape index (κ3) is 23.5. The Balaban J connectivity index is 1.25. The number of ether oxygens (including phenoxy) is 5. The fraction of sp³-hybridized carbons (Fsp3) is 0.886. The van der Waals surface area contributed by atoms with Gasteiger partial charge in [0.25, 0.3) is 0 Å². The molecule has 0 aromatic carbocycles. The molecular weight excluding hydrogens is 718 g/mol. The van der Waals surface area contributed by atoms with E-state index in [0.717, 1.165) is 38.5 Å². The van der Waals surface area contributed by atoms with Gasteiger partial charge in [0.2, 0.25) is 0 Å². The highest BCUT2D eigenvalue weighted by atomic mass is 16.6. The zero-order chi connectivity index (χ0) is 40.1. The molecule has 0 radical (unpaired) electrons. The predicted octanol–water partition coefficient (Wildman–Crippen LogP) is 7.83. The molecule has 0 saturated heterocycles. The second kappa shape index (κ2) is 30.4. The molecule has 3 rings (SSSR count). The SMILES string of the molecule is O=C(CCCC1CCCCC1)OCC(CO)OC(=O)CCCNCCCC(=O)OC(COC(=O)CCCC1CCCCC1)COC(=O)CCCC1CCCCC1. The van der Waals surface area contributed by atoms with Crippen molar-refractivity contribution in [2.45, 2.75) is 192 Å². The molecule has 3 aliphatic carbocycles. The van der Waals surface area contributed by atoms with E-state index in [-0.39, 0.29) is 50.6 Å². The number of hydrogen-bond donors (Lipinski definition) is 2. The van der Waals surface area contributed by atoms with Crippen LogP contribution in [0.5, 0.6) is 0 Å². The third-order valence-electron chi connectivity index (χ3n) is 11.7. The highest BCUT2D eigenvalue weighted by molar-refractivity contribution is 5.71. The maximum atomic E-state index is 12.7. The van der Waals surface area contributed by atoms with Crippen molar-refractivity contribution in [3.63, 3.8) is 0 Å². The maximum Gasteiger partial charge on any atom is 0.306 e. The summed E-state index contributed by atoms with van der Waals surface area (Å²) in [5, 5.41) is 12.8. The van der Waals surface area contributed by atoms with Crippen LogP contribution in [0.25, 0.3) is 0 Å². The van der Waals surface area contributed by atoms with Crippen LogP contribution in [0.15, 0.2) is 0 Å². The van der Waals surface area contributed by atoms with Gasteiger partial charge in [0.1, 0.15) is 19.8 Å². The van der Waals surface area contributed by atoms with E-state index in [4.69, 9.17) is 23.7 Å². The van der Waals surface area contributed by atoms with E-state index in [2.05, 4.69) is 5.32 Å². The summed E-state index contributed by atoms with van der Waals surface area (Å²) < 4.78 is 27.1. The van der Waals surface area contributed by atoms with Crippen LogP contribution in [0.3, 0.4) is 0 Å². The van der Waals surface area contributed by atoms with Crippen LogP contribution in [0.2, 0.25) is 0 Å². The molecule has 0 aromatic heterocycles. The first-order valence-corrected chi connectivity index (χ1v) is 22.5. The van der Waals surface area contributed by atoms with Crippen LogP contribution in [0.1, 0.15) is 180 Å². The molecule has 0 aromatic rings. The maximum absolute atomic E-state index is 12.7. The monoisotopic (exact) mass is 794 g/mol. The Morgan fingerprint density at radius 2 is 0.768 bits per heavy atom. The number of rotatable bonds is 29. The lowest BCUT2D eigenvalue weighted by Crippen LogP contribution is -2.31. The van der Waals surface area contributed by atoms with E-state index >= 15 is 0 Å². The van der Waals surface area contributed by atoms with Crippen molar-refractivity contribution in [1.82, 2.24) is 5.32 Å². The summed E-state index contributed by atoms with van der Waals surface area (Å²) >= 11 is 0. The smallest absolute Gasteiger partial charge is 0.306 e. The fourth-order valence-corrected chi connectivity index (χ4v) is 8.38. The third-order valence-corrected chi connectivity index (χ3v) is 11.7. The van der Waals surface area contributed by atoms with Crippen molar-refractivity contribution in [3.8, 4) is 0 Å².